The summed E-state index contributed by atoms with van der Waals surface area (Å²) in [5, 5.41) is 21.5. The highest BCUT2D eigenvalue weighted by atomic mass is 16.4. The smallest absolute Gasteiger partial charge is 0.307 e. The first-order chi connectivity index (χ1) is 10.0. The monoisotopic (exact) mass is 291 g/mol. The number of rotatable bonds is 5. The molecule has 1 aliphatic rings. The van der Waals surface area contributed by atoms with Crippen molar-refractivity contribution in [2.45, 2.75) is 25.8 Å². The van der Waals surface area contributed by atoms with Crippen LogP contribution in [0.15, 0.2) is 30.3 Å². The predicted octanol–water partition coefficient (Wildman–Crippen LogP) is 1.58. The molecule has 1 amide bonds. The van der Waals surface area contributed by atoms with Crippen molar-refractivity contribution < 1.29 is 19.8 Å². The summed E-state index contributed by atoms with van der Waals surface area (Å²) in [6.45, 7) is 1.75. The summed E-state index contributed by atoms with van der Waals surface area (Å²) < 4.78 is 0. The van der Waals surface area contributed by atoms with E-state index >= 15 is 0 Å². The maximum Gasteiger partial charge on any atom is 0.307 e. The van der Waals surface area contributed by atoms with Crippen molar-refractivity contribution in [3.63, 3.8) is 0 Å². The first kappa shape index (κ1) is 15.5. The van der Waals surface area contributed by atoms with Gasteiger partial charge in [-0.15, -0.1) is 0 Å². The summed E-state index contributed by atoms with van der Waals surface area (Å²) in [6, 6.07) is 8.69. The van der Waals surface area contributed by atoms with Gasteiger partial charge in [0.2, 0.25) is 5.91 Å². The highest BCUT2D eigenvalue weighted by molar-refractivity contribution is 5.85. The number of benzene rings is 1. The molecule has 1 aliphatic carbocycles. The molecule has 0 saturated heterocycles. The second-order valence-corrected chi connectivity index (χ2v) is 5.78. The van der Waals surface area contributed by atoms with Crippen molar-refractivity contribution in [3.8, 4) is 0 Å². The fourth-order valence-corrected chi connectivity index (χ4v) is 3.05. The summed E-state index contributed by atoms with van der Waals surface area (Å²) in [5.74, 6) is -2.12. The second-order valence-electron chi connectivity index (χ2n) is 5.78. The van der Waals surface area contributed by atoms with Gasteiger partial charge in [-0.05, 0) is 24.3 Å². The third-order valence-electron chi connectivity index (χ3n) is 4.15. The quantitative estimate of drug-likeness (QED) is 0.769. The van der Waals surface area contributed by atoms with Crippen LogP contribution in [0.2, 0.25) is 0 Å². The van der Waals surface area contributed by atoms with E-state index in [0.717, 1.165) is 5.56 Å². The maximum atomic E-state index is 12.4. The van der Waals surface area contributed by atoms with E-state index in [2.05, 4.69) is 5.32 Å². The number of aliphatic carboxylic acids is 1. The average molecular weight is 291 g/mol. The van der Waals surface area contributed by atoms with Crippen molar-refractivity contribution in [2.24, 2.45) is 17.8 Å². The first-order valence-electron chi connectivity index (χ1n) is 7.22. The molecule has 5 heteroatoms. The van der Waals surface area contributed by atoms with E-state index in [1.54, 1.807) is 0 Å². The lowest BCUT2D eigenvalue weighted by Gasteiger charge is -2.21. The van der Waals surface area contributed by atoms with Crippen molar-refractivity contribution in [1.29, 1.82) is 0 Å². The average Bonchev–Trinajstić information content (AvgIpc) is 2.88. The molecule has 1 fully saturated rings. The van der Waals surface area contributed by atoms with Crippen LogP contribution in [0.25, 0.3) is 0 Å². The Bertz CT molecular complexity index is 502. The fourth-order valence-electron chi connectivity index (χ4n) is 3.05. The van der Waals surface area contributed by atoms with Gasteiger partial charge in [0.25, 0.3) is 0 Å². The molecule has 0 aliphatic heterocycles. The summed E-state index contributed by atoms with van der Waals surface area (Å²) in [5.41, 5.74) is 0.811. The number of carboxylic acids is 1. The van der Waals surface area contributed by atoms with Gasteiger partial charge >= 0.3 is 5.97 Å². The summed E-state index contributed by atoms with van der Waals surface area (Å²) >= 11 is 0. The molecule has 1 saturated carbocycles. The van der Waals surface area contributed by atoms with Crippen LogP contribution in [-0.2, 0) is 9.59 Å². The summed E-state index contributed by atoms with van der Waals surface area (Å²) in [7, 11) is 0. The molecule has 1 aromatic rings. The molecular formula is C16H21NO4. The molecule has 0 radical (unpaired) electrons. The number of aliphatic hydroxyl groups is 1. The Morgan fingerprint density at radius 2 is 1.86 bits per heavy atom. The van der Waals surface area contributed by atoms with Gasteiger partial charge in [-0.1, -0.05) is 37.3 Å². The minimum atomic E-state index is -0.917. The molecular weight excluding hydrogens is 270 g/mol. The topological polar surface area (TPSA) is 86.6 Å². The Kier molecular flexibility index (Phi) is 4.96. The molecule has 114 valence electrons. The lowest BCUT2D eigenvalue weighted by molar-refractivity contribution is -0.146. The maximum absolute atomic E-state index is 12.4. The number of carbonyl (C=O) groups is 2. The zero-order valence-corrected chi connectivity index (χ0v) is 12.0. The van der Waals surface area contributed by atoms with E-state index in [4.69, 9.17) is 0 Å². The standard InChI is InChI=1S/C16H21NO4/c1-10-7-12(13(8-10)16(20)21)15(19)17-14(9-18)11-5-3-2-4-6-11/h2-6,10,12-14,18H,7-9H2,1H3,(H,17,19)(H,20,21)/t10?,12-,13+,14-/m0/s1. The van der Waals surface area contributed by atoms with Crippen molar-refractivity contribution in [3.05, 3.63) is 35.9 Å². The van der Waals surface area contributed by atoms with Crippen LogP contribution >= 0.6 is 0 Å². The lowest BCUT2D eigenvalue weighted by Crippen LogP contribution is -2.38. The number of aliphatic hydroxyl groups excluding tert-OH is 1. The number of amides is 1. The molecule has 5 nitrogen and oxygen atoms in total. The number of hydrogen-bond acceptors (Lipinski definition) is 3. The summed E-state index contributed by atoms with van der Waals surface area (Å²) in [4.78, 5) is 23.6. The van der Waals surface area contributed by atoms with E-state index in [-0.39, 0.29) is 18.4 Å². The largest absolute Gasteiger partial charge is 0.481 e. The minimum Gasteiger partial charge on any atom is -0.481 e. The van der Waals surface area contributed by atoms with Gasteiger partial charge < -0.3 is 15.5 Å². The Morgan fingerprint density at radius 1 is 1.24 bits per heavy atom. The van der Waals surface area contributed by atoms with E-state index in [1.807, 2.05) is 37.3 Å². The van der Waals surface area contributed by atoms with E-state index < -0.39 is 23.8 Å². The third-order valence-corrected chi connectivity index (χ3v) is 4.15. The van der Waals surface area contributed by atoms with Crippen LogP contribution < -0.4 is 5.32 Å². The highest BCUT2D eigenvalue weighted by Crippen LogP contribution is 2.36. The lowest BCUT2D eigenvalue weighted by atomic mass is 9.94. The van der Waals surface area contributed by atoms with Gasteiger partial charge in [-0.25, -0.2) is 0 Å². The Hall–Kier alpha value is -1.88. The molecule has 1 unspecified atom stereocenters. The highest BCUT2D eigenvalue weighted by Gasteiger charge is 2.41. The van der Waals surface area contributed by atoms with Gasteiger partial charge in [0, 0.05) is 0 Å². The molecule has 0 aromatic heterocycles. The SMILES string of the molecule is CC1C[C@H](C(=O)N[C@@H](CO)c2ccccc2)[C@H](C(=O)O)C1. The third kappa shape index (κ3) is 3.61. The van der Waals surface area contributed by atoms with Gasteiger partial charge in [0.15, 0.2) is 0 Å². The van der Waals surface area contributed by atoms with Gasteiger partial charge in [0.05, 0.1) is 24.5 Å². The van der Waals surface area contributed by atoms with Gasteiger partial charge in [-0.2, -0.15) is 0 Å². The Labute approximate surface area is 124 Å². The second kappa shape index (κ2) is 6.72. The number of carboxylic acid groups (broad SMARTS) is 1. The Morgan fingerprint density at radius 3 is 2.43 bits per heavy atom. The van der Waals surface area contributed by atoms with Crippen molar-refractivity contribution >= 4 is 11.9 Å². The molecule has 0 bridgehead atoms. The summed E-state index contributed by atoms with van der Waals surface area (Å²) in [6.07, 6.45) is 1.11. The Balaban J connectivity index is 2.07. The normalized spacial score (nSPS) is 26.3. The van der Waals surface area contributed by atoms with Crippen molar-refractivity contribution in [2.75, 3.05) is 6.61 Å². The van der Waals surface area contributed by atoms with E-state index in [1.165, 1.54) is 0 Å². The first-order valence-corrected chi connectivity index (χ1v) is 7.22. The number of carbonyl (C=O) groups excluding carboxylic acids is 1. The molecule has 1 aromatic carbocycles. The molecule has 4 atom stereocenters. The van der Waals surface area contributed by atoms with Crippen LogP contribution in [0.4, 0.5) is 0 Å². The van der Waals surface area contributed by atoms with Crippen LogP contribution in [0.1, 0.15) is 31.4 Å². The molecule has 21 heavy (non-hydrogen) atoms. The van der Waals surface area contributed by atoms with Crippen LogP contribution in [-0.4, -0.2) is 28.7 Å². The molecule has 0 spiro atoms. The van der Waals surface area contributed by atoms with E-state index in [0.29, 0.717) is 12.8 Å². The zero-order chi connectivity index (χ0) is 15.4. The van der Waals surface area contributed by atoms with Crippen LogP contribution in [0.3, 0.4) is 0 Å². The predicted molar refractivity (Wildman–Crippen MR) is 77.4 cm³/mol. The zero-order valence-electron chi connectivity index (χ0n) is 12.0. The fraction of sp³-hybridized carbons (Fsp3) is 0.500. The van der Waals surface area contributed by atoms with Gasteiger partial charge in [-0.3, -0.25) is 9.59 Å². The van der Waals surface area contributed by atoms with E-state index in [9.17, 15) is 19.8 Å². The number of nitrogens with one attached hydrogen (secondary N) is 1. The number of hydrogen-bond donors (Lipinski definition) is 3. The van der Waals surface area contributed by atoms with Crippen LogP contribution in [0.5, 0.6) is 0 Å². The molecule has 2 rings (SSSR count). The minimum absolute atomic E-state index is 0.213. The molecule has 0 heterocycles. The van der Waals surface area contributed by atoms with Crippen molar-refractivity contribution in [1.82, 2.24) is 5.32 Å². The van der Waals surface area contributed by atoms with Gasteiger partial charge in [0.1, 0.15) is 0 Å². The van der Waals surface area contributed by atoms with Crippen LogP contribution in [0, 0.1) is 17.8 Å². The molecule has 3 N–H and O–H groups in total.